The molecule has 16 heavy (non-hydrogen) atoms. The Balaban J connectivity index is 2.21. The summed E-state index contributed by atoms with van der Waals surface area (Å²) in [6.45, 7) is -0.155. The Morgan fingerprint density at radius 1 is 1.31 bits per heavy atom. The lowest BCUT2D eigenvalue weighted by atomic mass is 10.1. The number of hydrogen-bond donors (Lipinski definition) is 3. The quantitative estimate of drug-likeness (QED) is 0.543. The van der Waals surface area contributed by atoms with E-state index in [-0.39, 0.29) is 13.1 Å². The number of nitrogens with one attached hydrogen (secondary N) is 2. The first-order valence-corrected chi connectivity index (χ1v) is 4.82. The van der Waals surface area contributed by atoms with Gasteiger partial charge in [-0.05, 0) is 12.8 Å². The smallest absolute Gasteiger partial charge is 0.325 e. The fraction of sp³-hybridized carbons (Fsp3) is 0.667. The normalized spacial score (nSPS) is 16.1. The van der Waals surface area contributed by atoms with Crippen molar-refractivity contribution in [2.24, 2.45) is 5.41 Å². The van der Waals surface area contributed by atoms with Crippen LogP contribution in [0.15, 0.2) is 0 Å². The van der Waals surface area contributed by atoms with E-state index < -0.39 is 23.4 Å². The molecule has 0 heterocycles. The molecule has 0 aromatic carbocycles. The van der Waals surface area contributed by atoms with E-state index in [1.54, 1.807) is 0 Å². The third-order valence-electron chi connectivity index (χ3n) is 2.52. The lowest BCUT2D eigenvalue weighted by Gasteiger charge is -2.11. The third-order valence-corrected chi connectivity index (χ3v) is 2.52. The number of urea groups is 1. The van der Waals surface area contributed by atoms with Crippen LogP contribution in [0, 0.1) is 5.41 Å². The summed E-state index contributed by atoms with van der Waals surface area (Å²) >= 11 is 0. The Morgan fingerprint density at radius 3 is 2.38 bits per heavy atom. The number of hydrogen-bond acceptors (Lipinski definition) is 4. The number of carboxylic acids is 1. The molecule has 1 saturated carbocycles. The van der Waals surface area contributed by atoms with E-state index in [4.69, 9.17) is 5.11 Å². The first-order valence-electron chi connectivity index (χ1n) is 4.82. The number of amides is 2. The molecule has 1 aliphatic carbocycles. The predicted molar refractivity (Wildman–Crippen MR) is 52.7 cm³/mol. The molecule has 0 bridgehead atoms. The van der Waals surface area contributed by atoms with Gasteiger partial charge in [-0.25, -0.2) is 4.79 Å². The van der Waals surface area contributed by atoms with Crippen LogP contribution in [0.5, 0.6) is 0 Å². The molecule has 1 rings (SSSR count). The molecule has 0 saturated heterocycles. The number of methoxy groups -OCH3 is 1. The van der Waals surface area contributed by atoms with Crippen molar-refractivity contribution >= 4 is 18.0 Å². The van der Waals surface area contributed by atoms with Gasteiger partial charge < -0.3 is 20.5 Å². The number of rotatable bonds is 5. The van der Waals surface area contributed by atoms with Crippen LogP contribution in [0.1, 0.15) is 12.8 Å². The Morgan fingerprint density at radius 2 is 1.94 bits per heavy atom. The molecule has 1 aliphatic rings. The van der Waals surface area contributed by atoms with Crippen molar-refractivity contribution in [3.05, 3.63) is 0 Å². The van der Waals surface area contributed by atoms with Gasteiger partial charge in [-0.1, -0.05) is 0 Å². The standard InChI is InChI=1S/C9H14N2O5/c1-16-6(12)4-10-8(15)11-5-9(2-3-9)7(13)14/h2-5H2,1H3,(H,13,14)(H2,10,11,15). The van der Waals surface area contributed by atoms with Crippen molar-refractivity contribution in [2.45, 2.75) is 12.8 Å². The van der Waals surface area contributed by atoms with Gasteiger partial charge in [0.25, 0.3) is 0 Å². The lowest BCUT2D eigenvalue weighted by Crippen LogP contribution is -2.42. The summed E-state index contributed by atoms with van der Waals surface area (Å²) in [6.07, 6.45) is 1.14. The number of ether oxygens (including phenoxy) is 1. The van der Waals surface area contributed by atoms with Crippen LogP contribution < -0.4 is 10.6 Å². The van der Waals surface area contributed by atoms with Crippen LogP contribution in [0.3, 0.4) is 0 Å². The summed E-state index contributed by atoms with van der Waals surface area (Å²) in [5.41, 5.74) is -0.803. The Kier molecular flexibility index (Phi) is 3.70. The number of carboxylic acid groups (broad SMARTS) is 1. The van der Waals surface area contributed by atoms with E-state index >= 15 is 0 Å². The Bertz CT molecular complexity index is 311. The third kappa shape index (κ3) is 3.11. The SMILES string of the molecule is COC(=O)CNC(=O)NCC1(C(=O)O)CC1. The van der Waals surface area contributed by atoms with Gasteiger partial charge >= 0.3 is 18.0 Å². The maximum atomic E-state index is 11.1. The highest BCUT2D eigenvalue weighted by Crippen LogP contribution is 2.45. The fourth-order valence-corrected chi connectivity index (χ4v) is 1.15. The van der Waals surface area contributed by atoms with E-state index in [9.17, 15) is 14.4 Å². The molecule has 7 nitrogen and oxygen atoms in total. The fourth-order valence-electron chi connectivity index (χ4n) is 1.15. The average molecular weight is 230 g/mol. The number of esters is 1. The highest BCUT2D eigenvalue weighted by Gasteiger charge is 2.50. The largest absolute Gasteiger partial charge is 0.481 e. The molecular formula is C9H14N2O5. The van der Waals surface area contributed by atoms with E-state index in [0.717, 1.165) is 0 Å². The van der Waals surface area contributed by atoms with E-state index in [1.165, 1.54) is 7.11 Å². The molecule has 0 radical (unpaired) electrons. The van der Waals surface area contributed by atoms with Crippen LogP contribution >= 0.6 is 0 Å². The van der Waals surface area contributed by atoms with Gasteiger partial charge in [0.1, 0.15) is 6.54 Å². The van der Waals surface area contributed by atoms with Gasteiger partial charge in [-0.15, -0.1) is 0 Å². The van der Waals surface area contributed by atoms with Crippen LogP contribution in [0.4, 0.5) is 4.79 Å². The first-order chi connectivity index (χ1) is 7.50. The molecule has 90 valence electrons. The van der Waals surface area contributed by atoms with Crippen molar-refractivity contribution in [1.82, 2.24) is 10.6 Å². The van der Waals surface area contributed by atoms with Gasteiger partial charge in [-0.2, -0.15) is 0 Å². The summed E-state index contributed by atoms with van der Waals surface area (Å²) in [6, 6.07) is -0.571. The summed E-state index contributed by atoms with van der Waals surface area (Å²) < 4.78 is 4.32. The monoisotopic (exact) mass is 230 g/mol. The Hall–Kier alpha value is -1.79. The molecule has 0 spiro atoms. The molecule has 0 aliphatic heterocycles. The summed E-state index contributed by atoms with van der Waals surface area (Å²) in [7, 11) is 1.21. The minimum atomic E-state index is -0.902. The van der Waals surface area contributed by atoms with Gasteiger partial charge in [0.15, 0.2) is 0 Å². The summed E-state index contributed by atoms with van der Waals surface area (Å²) in [5, 5.41) is 13.5. The highest BCUT2D eigenvalue weighted by molar-refractivity contribution is 5.82. The molecule has 0 atom stereocenters. The van der Waals surface area contributed by atoms with Crippen molar-refractivity contribution in [2.75, 3.05) is 20.2 Å². The topological polar surface area (TPSA) is 105 Å². The van der Waals surface area contributed by atoms with Crippen molar-refractivity contribution in [1.29, 1.82) is 0 Å². The molecule has 0 unspecified atom stereocenters. The van der Waals surface area contributed by atoms with E-state index in [2.05, 4.69) is 15.4 Å². The second-order valence-electron chi connectivity index (χ2n) is 3.70. The van der Waals surface area contributed by atoms with Crippen molar-refractivity contribution in [3.8, 4) is 0 Å². The first kappa shape index (κ1) is 12.3. The van der Waals surface area contributed by atoms with Crippen LogP contribution in [-0.4, -0.2) is 43.3 Å². The number of carbonyl (C=O) groups excluding carboxylic acids is 2. The van der Waals surface area contributed by atoms with E-state index in [1.807, 2.05) is 0 Å². The molecular weight excluding hydrogens is 216 g/mol. The second kappa shape index (κ2) is 4.82. The molecule has 0 aromatic rings. The molecule has 1 fully saturated rings. The minimum absolute atomic E-state index is 0.0787. The van der Waals surface area contributed by atoms with Crippen LogP contribution in [-0.2, 0) is 14.3 Å². The molecule has 0 aromatic heterocycles. The van der Waals surface area contributed by atoms with Gasteiger partial charge in [0.2, 0.25) is 0 Å². The zero-order valence-electron chi connectivity index (χ0n) is 8.91. The zero-order chi connectivity index (χ0) is 12.2. The van der Waals surface area contributed by atoms with E-state index in [0.29, 0.717) is 12.8 Å². The van der Waals surface area contributed by atoms with Crippen LogP contribution in [0.2, 0.25) is 0 Å². The molecule has 7 heteroatoms. The zero-order valence-corrected chi connectivity index (χ0v) is 8.91. The van der Waals surface area contributed by atoms with Crippen LogP contribution in [0.25, 0.3) is 0 Å². The second-order valence-corrected chi connectivity index (χ2v) is 3.70. The molecule has 3 N–H and O–H groups in total. The summed E-state index contributed by atoms with van der Waals surface area (Å²) in [5.74, 6) is -1.46. The van der Waals surface area contributed by atoms with Gasteiger partial charge in [0.05, 0.1) is 12.5 Å². The molecule has 2 amide bonds. The van der Waals surface area contributed by atoms with Crippen molar-refractivity contribution < 1.29 is 24.2 Å². The van der Waals surface area contributed by atoms with Gasteiger partial charge in [-0.3, -0.25) is 9.59 Å². The summed E-state index contributed by atoms with van der Waals surface area (Å²) in [4.78, 5) is 32.6. The predicted octanol–water partition coefficient (Wildman–Crippen LogP) is -0.677. The van der Waals surface area contributed by atoms with Gasteiger partial charge in [0, 0.05) is 6.54 Å². The minimum Gasteiger partial charge on any atom is -0.481 e. The maximum absolute atomic E-state index is 11.1. The highest BCUT2D eigenvalue weighted by atomic mass is 16.5. The average Bonchev–Trinajstić information content (AvgIpc) is 3.04. The number of carbonyl (C=O) groups is 3. The Labute approximate surface area is 92.1 Å². The van der Waals surface area contributed by atoms with Crippen molar-refractivity contribution in [3.63, 3.8) is 0 Å². The maximum Gasteiger partial charge on any atom is 0.325 e. The lowest BCUT2D eigenvalue weighted by molar-refractivity contribution is -0.143. The number of aliphatic carboxylic acids is 1.